The van der Waals surface area contributed by atoms with Crippen molar-refractivity contribution in [2.45, 2.75) is 12.1 Å². The highest BCUT2D eigenvalue weighted by Crippen LogP contribution is 2.19. The number of halogens is 1. The summed E-state index contributed by atoms with van der Waals surface area (Å²) in [6, 6.07) is 12.1. The van der Waals surface area contributed by atoms with E-state index in [4.69, 9.17) is 10.5 Å². The molecule has 2 amide bonds. The molecule has 0 radical (unpaired) electrons. The highest BCUT2D eigenvalue weighted by molar-refractivity contribution is 7.99. The third-order valence-corrected chi connectivity index (χ3v) is 4.95. The van der Waals surface area contributed by atoms with Gasteiger partial charge in [-0.3, -0.25) is 19.4 Å². The summed E-state index contributed by atoms with van der Waals surface area (Å²) in [5, 5.41) is 4.94. The molecule has 2 aromatic carbocycles. The second-order valence-corrected chi connectivity index (χ2v) is 7.32. The fraction of sp³-hybridized carbons (Fsp3) is 0.143. The number of nitrogens with two attached hydrogens (primary N) is 1. The molecule has 0 atom stereocenters. The Hall–Kier alpha value is -3.86. The minimum absolute atomic E-state index is 0.0476. The summed E-state index contributed by atoms with van der Waals surface area (Å²) in [6.45, 7) is 2.35. The molecule has 1 heterocycles. The van der Waals surface area contributed by atoms with Gasteiger partial charge in [-0.05, 0) is 43.3 Å². The molecular formula is C21H20FN5O4S. The van der Waals surface area contributed by atoms with E-state index in [1.54, 1.807) is 30.3 Å². The Balaban J connectivity index is 1.63. The van der Waals surface area contributed by atoms with E-state index in [9.17, 15) is 18.8 Å². The normalized spacial score (nSPS) is 10.4. The van der Waals surface area contributed by atoms with Crippen molar-refractivity contribution in [1.29, 1.82) is 0 Å². The van der Waals surface area contributed by atoms with Crippen molar-refractivity contribution in [1.82, 2.24) is 9.97 Å². The van der Waals surface area contributed by atoms with E-state index in [-0.39, 0.29) is 28.1 Å². The van der Waals surface area contributed by atoms with Crippen molar-refractivity contribution >= 4 is 40.8 Å². The summed E-state index contributed by atoms with van der Waals surface area (Å²) in [4.78, 5) is 43.3. The van der Waals surface area contributed by atoms with Crippen molar-refractivity contribution in [2.75, 3.05) is 28.7 Å². The number of H-pyrrole nitrogens is 1. The monoisotopic (exact) mass is 457 g/mol. The number of aromatic amines is 1. The zero-order chi connectivity index (χ0) is 23.1. The summed E-state index contributed by atoms with van der Waals surface area (Å²) >= 11 is 0.904. The van der Waals surface area contributed by atoms with Crippen molar-refractivity contribution in [3.8, 4) is 5.75 Å². The minimum atomic E-state index is -0.672. The molecule has 0 spiro atoms. The Morgan fingerprint density at radius 3 is 2.53 bits per heavy atom. The largest absolute Gasteiger partial charge is 0.494 e. The topological polar surface area (TPSA) is 139 Å². The molecule has 11 heteroatoms. The first-order valence-corrected chi connectivity index (χ1v) is 10.5. The number of nitrogens with one attached hydrogen (secondary N) is 3. The zero-order valence-electron chi connectivity index (χ0n) is 17.0. The summed E-state index contributed by atoms with van der Waals surface area (Å²) in [7, 11) is 0. The van der Waals surface area contributed by atoms with Crippen LogP contribution < -0.4 is 26.7 Å². The van der Waals surface area contributed by atoms with Gasteiger partial charge in [0.25, 0.3) is 11.5 Å². The maximum absolute atomic E-state index is 13.6. The molecule has 166 valence electrons. The summed E-state index contributed by atoms with van der Waals surface area (Å²) in [5.41, 5.74) is 5.30. The van der Waals surface area contributed by atoms with Crippen LogP contribution in [0.3, 0.4) is 0 Å². The van der Waals surface area contributed by atoms with E-state index < -0.39 is 23.2 Å². The standard InChI is InChI=1S/C21H20FN5O4S/c1-2-31-13-9-7-12(8-10-13)19(29)25-17-18(23)26-21(27-20(17)30)32-11-16(28)24-15-6-4-3-5-14(15)22/h3-10H,2,11H2,1H3,(H,24,28)(H,25,29)(H3,23,26,27,30). The number of carbonyl (C=O) groups is 2. The number of carbonyl (C=O) groups excluding carboxylic acids is 2. The van der Waals surface area contributed by atoms with Gasteiger partial charge in [-0.2, -0.15) is 0 Å². The average molecular weight is 457 g/mol. The Bertz CT molecular complexity index is 1180. The lowest BCUT2D eigenvalue weighted by atomic mass is 10.2. The summed E-state index contributed by atoms with van der Waals surface area (Å²) in [6.07, 6.45) is 0. The first kappa shape index (κ1) is 22.8. The maximum atomic E-state index is 13.6. The number of amides is 2. The predicted molar refractivity (Wildman–Crippen MR) is 121 cm³/mol. The number of hydrogen-bond donors (Lipinski definition) is 4. The number of anilines is 3. The molecule has 0 fully saturated rings. The Labute approximate surface area is 186 Å². The van der Waals surface area contributed by atoms with E-state index in [2.05, 4.69) is 20.6 Å². The van der Waals surface area contributed by atoms with Gasteiger partial charge in [-0.25, -0.2) is 9.37 Å². The number of aromatic nitrogens is 2. The smallest absolute Gasteiger partial charge is 0.277 e. The summed E-state index contributed by atoms with van der Waals surface area (Å²) < 4.78 is 18.9. The molecule has 32 heavy (non-hydrogen) atoms. The van der Waals surface area contributed by atoms with Gasteiger partial charge in [-0.1, -0.05) is 23.9 Å². The molecular weight excluding hydrogens is 437 g/mol. The lowest BCUT2D eigenvalue weighted by Crippen LogP contribution is -2.23. The number of nitrogen functional groups attached to an aromatic ring is 1. The molecule has 0 bridgehead atoms. The molecule has 3 rings (SSSR count). The van der Waals surface area contributed by atoms with E-state index in [1.165, 1.54) is 18.2 Å². The lowest BCUT2D eigenvalue weighted by Gasteiger charge is -2.09. The van der Waals surface area contributed by atoms with Gasteiger partial charge in [0.05, 0.1) is 18.0 Å². The molecule has 5 N–H and O–H groups in total. The van der Waals surface area contributed by atoms with E-state index >= 15 is 0 Å². The van der Waals surface area contributed by atoms with Gasteiger partial charge in [0, 0.05) is 5.56 Å². The predicted octanol–water partition coefficient (Wildman–Crippen LogP) is 2.87. The summed E-state index contributed by atoms with van der Waals surface area (Å²) in [5.74, 6) is -1.33. The van der Waals surface area contributed by atoms with Gasteiger partial charge in [0.15, 0.2) is 11.0 Å². The van der Waals surface area contributed by atoms with Gasteiger partial charge < -0.3 is 21.1 Å². The average Bonchev–Trinajstić information content (AvgIpc) is 2.77. The molecule has 1 aromatic heterocycles. The Morgan fingerprint density at radius 2 is 1.88 bits per heavy atom. The fourth-order valence-corrected chi connectivity index (χ4v) is 3.26. The van der Waals surface area contributed by atoms with Crippen molar-refractivity contribution in [3.63, 3.8) is 0 Å². The molecule has 0 saturated heterocycles. The van der Waals surface area contributed by atoms with Gasteiger partial charge in [0.2, 0.25) is 5.91 Å². The van der Waals surface area contributed by atoms with Crippen LogP contribution in [-0.2, 0) is 4.79 Å². The number of thioether (sulfide) groups is 1. The van der Waals surface area contributed by atoms with Crippen molar-refractivity contribution < 1.29 is 18.7 Å². The van der Waals surface area contributed by atoms with Crippen LogP contribution in [0.15, 0.2) is 58.5 Å². The van der Waals surface area contributed by atoms with Crippen molar-refractivity contribution in [2.24, 2.45) is 0 Å². The fourth-order valence-electron chi connectivity index (χ4n) is 2.60. The highest BCUT2D eigenvalue weighted by Gasteiger charge is 2.15. The molecule has 0 saturated carbocycles. The van der Waals surface area contributed by atoms with Crippen LogP contribution in [0.5, 0.6) is 5.75 Å². The van der Waals surface area contributed by atoms with Crippen LogP contribution in [0.2, 0.25) is 0 Å². The van der Waals surface area contributed by atoms with E-state index in [0.29, 0.717) is 17.9 Å². The van der Waals surface area contributed by atoms with Gasteiger partial charge in [0.1, 0.15) is 17.3 Å². The number of ether oxygens (including phenoxy) is 1. The third kappa shape index (κ3) is 5.85. The Morgan fingerprint density at radius 1 is 1.16 bits per heavy atom. The quantitative estimate of drug-likeness (QED) is 0.301. The first-order chi connectivity index (χ1) is 15.4. The van der Waals surface area contributed by atoms with Crippen LogP contribution >= 0.6 is 11.8 Å². The Kier molecular flexibility index (Phi) is 7.45. The van der Waals surface area contributed by atoms with Gasteiger partial charge in [-0.15, -0.1) is 0 Å². The van der Waals surface area contributed by atoms with Crippen LogP contribution in [-0.4, -0.2) is 34.1 Å². The van der Waals surface area contributed by atoms with E-state index in [1.807, 2.05) is 6.92 Å². The number of para-hydroxylation sites is 1. The molecule has 0 unspecified atom stereocenters. The zero-order valence-corrected chi connectivity index (χ0v) is 17.8. The third-order valence-electron chi connectivity index (χ3n) is 4.08. The number of benzene rings is 2. The van der Waals surface area contributed by atoms with Crippen LogP contribution in [0.4, 0.5) is 21.6 Å². The van der Waals surface area contributed by atoms with Gasteiger partial charge >= 0.3 is 0 Å². The number of hydrogen-bond acceptors (Lipinski definition) is 7. The van der Waals surface area contributed by atoms with Crippen LogP contribution in [0.25, 0.3) is 0 Å². The molecule has 0 aliphatic rings. The minimum Gasteiger partial charge on any atom is -0.494 e. The van der Waals surface area contributed by atoms with Crippen molar-refractivity contribution in [3.05, 3.63) is 70.3 Å². The van der Waals surface area contributed by atoms with E-state index in [0.717, 1.165) is 11.8 Å². The number of rotatable bonds is 8. The SMILES string of the molecule is CCOc1ccc(C(=O)Nc2c(N)nc(SCC(=O)Nc3ccccc3F)[nH]c2=O)cc1. The molecule has 9 nitrogen and oxygen atoms in total. The van der Waals surface area contributed by atoms with Crippen LogP contribution in [0, 0.1) is 5.82 Å². The molecule has 0 aliphatic carbocycles. The molecule has 3 aromatic rings. The lowest BCUT2D eigenvalue weighted by molar-refractivity contribution is -0.113. The molecule has 0 aliphatic heterocycles. The maximum Gasteiger partial charge on any atom is 0.277 e. The second-order valence-electron chi connectivity index (χ2n) is 6.36. The van der Waals surface area contributed by atoms with Crippen LogP contribution in [0.1, 0.15) is 17.3 Å². The highest BCUT2D eigenvalue weighted by atomic mass is 32.2. The first-order valence-electron chi connectivity index (χ1n) is 9.48. The number of nitrogens with zero attached hydrogens (tertiary/aromatic N) is 1. The second kappa shape index (κ2) is 10.4.